The number of thiocarbonyl (C=S) groups is 2. The molecule has 7 heteroatoms. The number of hydrogen-bond acceptors (Lipinski definition) is 2. The fourth-order valence-electron chi connectivity index (χ4n) is 0.512. The van der Waals surface area contributed by atoms with Crippen molar-refractivity contribution >= 4 is 47.1 Å². The van der Waals surface area contributed by atoms with Crippen molar-refractivity contribution in [3.05, 3.63) is 0 Å². The van der Waals surface area contributed by atoms with Gasteiger partial charge in [-0.05, 0) is 30.9 Å². The lowest BCUT2D eigenvalue weighted by atomic mass is 10.4. The fraction of sp³-hybridized carbons (Fsp3) is 0.600. The summed E-state index contributed by atoms with van der Waals surface area (Å²) in [6.45, 7) is 1.48. The van der Waals surface area contributed by atoms with E-state index in [1.54, 1.807) is 0 Å². The second-order valence-electron chi connectivity index (χ2n) is 1.94. The van der Waals surface area contributed by atoms with Crippen molar-refractivity contribution in [1.82, 2.24) is 10.6 Å². The largest absolute Gasteiger partial charge is 0.376 e. The smallest absolute Gasteiger partial charge is 0.163 e. The number of nitrogens with two attached hydrogens (primary N) is 2. The van der Waals surface area contributed by atoms with E-state index in [2.05, 4.69) is 35.1 Å². The summed E-state index contributed by atoms with van der Waals surface area (Å²) in [6, 6.07) is 0. The Hall–Kier alpha value is -0.330. The van der Waals surface area contributed by atoms with Crippen LogP contribution in [0.3, 0.4) is 0 Å². The first-order chi connectivity index (χ1) is 5.13. The number of rotatable bonds is 4. The predicted octanol–water partition coefficient (Wildman–Crippen LogP) is -0.535. The Morgan fingerprint density at radius 1 is 1.00 bits per heavy atom. The highest BCUT2D eigenvalue weighted by Crippen LogP contribution is 1.72. The van der Waals surface area contributed by atoms with Crippen LogP contribution in [0.1, 0.15) is 6.42 Å². The minimum atomic E-state index is 0. The lowest BCUT2D eigenvalue weighted by molar-refractivity contribution is 0.745. The summed E-state index contributed by atoms with van der Waals surface area (Å²) < 4.78 is 0. The quantitative estimate of drug-likeness (QED) is 0.383. The van der Waals surface area contributed by atoms with Crippen molar-refractivity contribution in [3.63, 3.8) is 0 Å². The van der Waals surface area contributed by atoms with Crippen molar-refractivity contribution in [2.24, 2.45) is 11.5 Å². The first-order valence-corrected chi connectivity index (χ1v) is 4.01. The molecule has 0 amide bonds. The number of nitrogens with one attached hydrogen (secondary N) is 2. The Labute approximate surface area is 88.8 Å². The van der Waals surface area contributed by atoms with Crippen LogP contribution < -0.4 is 22.1 Å². The van der Waals surface area contributed by atoms with Gasteiger partial charge in [0.15, 0.2) is 10.2 Å². The highest BCUT2D eigenvalue weighted by atomic mass is 35.5. The van der Waals surface area contributed by atoms with E-state index in [-0.39, 0.29) is 12.4 Å². The molecule has 0 aliphatic rings. The van der Waals surface area contributed by atoms with Gasteiger partial charge in [-0.15, -0.1) is 12.4 Å². The van der Waals surface area contributed by atoms with Gasteiger partial charge in [0.2, 0.25) is 0 Å². The van der Waals surface area contributed by atoms with Crippen LogP contribution in [0.15, 0.2) is 0 Å². The molecule has 72 valence electrons. The Morgan fingerprint density at radius 3 is 1.58 bits per heavy atom. The van der Waals surface area contributed by atoms with E-state index in [1.165, 1.54) is 0 Å². The molecule has 0 rings (SSSR count). The van der Waals surface area contributed by atoms with E-state index < -0.39 is 0 Å². The van der Waals surface area contributed by atoms with Crippen LogP contribution in [0.5, 0.6) is 0 Å². The molecule has 0 aliphatic heterocycles. The topological polar surface area (TPSA) is 76.1 Å². The van der Waals surface area contributed by atoms with Crippen molar-refractivity contribution in [1.29, 1.82) is 0 Å². The van der Waals surface area contributed by atoms with Crippen LogP contribution in [0.4, 0.5) is 0 Å². The van der Waals surface area contributed by atoms with Gasteiger partial charge < -0.3 is 22.1 Å². The molecule has 0 radical (unpaired) electrons. The van der Waals surface area contributed by atoms with Gasteiger partial charge in [0.1, 0.15) is 0 Å². The molecule has 0 aliphatic carbocycles. The van der Waals surface area contributed by atoms with Crippen molar-refractivity contribution in [2.75, 3.05) is 13.1 Å². The summed E-state index contributed by atoms with van der Waals surface area (Å²) >= 11 is 9.18. The van der Waals surface area contributed by atoms with Gasteiger partial charge in [0.05, 0.1) is 0 Å². The Kier molecular flexibility index (Phi) is 10.4. The maximum Gasteiger partial charge on any atom is 0.163 e. The monoisotopic (exact) mass is 228 g/mol. The Morgan fingerprint density at radius 2 is 1.33 bits per heavy atom. The zero-order valence-electron chi connectivity index (χ0n) is 6.50. The van der Waals surface area contributed by atoms with Crippen LogP contribution in [0.25, 0.3) is 0 Å². The zero-order chi connectivity index (χ0) is 8.69. The minimum absolute atomic E-state index is 0. The van der Waals surface area contributed by atoms with E-state index in [4.69, 9.17) is 11.5 Å². The van der Waals surface area contributed by atoms with Gasteiger partial charge >= 0.3 is 0 Å². The maximum absolute atomic E-state index is 5.18. The standard InChI is InChI=1S/C5H12N4S2.ClH/c6-4(10)8-2-1-3-9-5(7)11;/h1-3H2,(H3,6,8,10)(H3,7,9,11);1H. The highest BCUT2D eigenvalue weighted by molar-refractivity contribution is 7.80. The van der Waals surface area contributed by atoms with Crippen molar-refractivity contribution in [3.8, 4) is 0 Å². The first kappa shape index (κ1) is 14.2. The maximum atomic E-state index is 5.18. The molecular weight excluding hydrogens is 216 g/mol. The SMILES string of the molecule is Cl.NC(=S)NCCCNC(N)=S. The third-order valence-electron chi connectivity index (χ3n) is 0.952. The Balaban J connectivity index is 0. The minimum Gasteiger partial charge on any atom is -0.376 e. The second kappa shape index (κ2) is 8.76. The third kappa shape index (κ3) is 12.4. The molecule has 0 aromatic carbocycles. The van der Waals surface area contributed by atoms with E-state index in [0.29, 0.717) is 10.2 Å². The van der Waals surface area contributed by atoms with Gasteiger partial charge in [-0.2, -0.15) is 0 Å². The van der Waals surface area contributed by atoms with Crippen LogP contribution in [0.2, 0.25) is 0 Å². The van der Waals surface area contributed by atoms with E-state index in [9.17, 15) is 0 Å². The van der Waals surface area contributed by atoms with Gasteiger partial charge in [0, 0.05) is 13.1 Å². The molecule has 0 atom stereocenters. The van der Waals surface area contributed by atoms with Gasteiger partial charge in [-0.25, -0.2) is 0 Å². The van der Waals surface area contributed by atoms with E-state index >= 15 is 0 Å². The molecule has 0 saturated heterocycles. The normalized spacial score (nSPS) is 8.00. The fourth-order valence-corrected chi connectivity index (χ4v) is 0.716. The van der Waals surface area contributed by atoms with E-state index in [1.807, 2.05) is 0 Å². The average molecular weight is 229 g/mol. The summed E-state index contributed by atoms with van der Waals surface area (Å²) in [4.78, 5) is 0. The summed E-state index contributed by atoms with van der Waals surface area (Å²) in [6.07, 6.45) is 0.884. The molecule has 0 unspecified atom stereocenters. The van der Waals surface area contributed by atoms with Crippen LogP contribution in [0, 0.1) is 0 Å². The lowest BCUT2D eigenvalue weighted by Gasteiger charge is -2.04. The molecule has 0 aromatic heterocycles. The molecule has 0 spiro atoms. The average Bonchev–Trinajstić information content (AvgIpc) is 1.85. The summed E-state index contributed by atoms with van der Waals surface area (Å²) in [5, 5.41) is 6.25. The second-order valence-corrected chi connectivity index (χ2v) is 2.82. The van der Waals surface area contributed by atoms with Gasteiger partial charge in [0.25, 0.3) is 0 Å². The van der Waals surface area contributed by atoms with Gasteiger partial charge in [-0.1, -0.05) is 0 Å². The summed E-state index contributed by atoms with van der Waals surface area (Å²) in [5.74, 6) is 0. The molecule has 0 saturated carbocycles. The first-order valence-electron chi connectivity index (χ1n) is 3.19. The van der Waals surface area contributed by atoms with Crippen LogP contribution >= 0.6 is 36.8 Å². The van der Waals surface area contributed by atoms with Gasteiger partial charge in [-0.3, -0.25) is 0 Å². The molecule has 0 aromatic rings. The molecule has 0 fully saturated rings. The van der Waals surface area contributed by atoms with Crippen molar-refractivity contribution in [2.45, 2.75) is 6.42 Å². The third-order valence-corrected chi connectivity index (χ3v) is 1.24. The van der Waals surface area contributed by atoms with Crippen LogP contribution in [-0.2, 0) is 0 Å². The number of halogens is 1. The predicted molar refractivity (Wildman–Crippen MR) is 61.4 cm³/mol. The lowest BCUT2D eigenvalue weighted by Crippen LogP contribution is -2.34. The number of hydrogen-bond donors (Lipinski definition) is 4. The van der Waals surface area contributed by atoms with Crippen LogP contribution in [-0.4, -0.2) is 23.3 Å². The van der Waals surface area contributed by atoms with E-state index in [0.717, 1.165) is 19.5 Å². The Bertz CT molecular complexity index is 136. The zero-order valence-corrected chi connectivity index (χ0v) is 8.95. The molecule has 4 nitrogen and oxygen atoms in total. The molecule has 12 heavy (non-hydrogen) atoms. The highest BCUT2D eigenvalue weighted by Gasteiger charge is 1.88. The summed E-state index contributed by atoms with van der Waals surface area (Å²) in [7, 11) is 0. The molecule has 6 N–H and O–H groups in total. The van der Waals surface area contributed by atoms with Crippen molar-refractivity contribution < 1.29 is 0 Å². The molecular formula is C5H13ClN4S2. The molecule has 0 bridgehead atoms. The molecule has 0 heterocycles. The summed E-state index contributed by atoms with van der Waals surface area (Å²) in [5.41, 5.74) is 10.4.